The molecule has 6 nitrogen and oxygen atoms in total. The second-order valence-corrected chi connectivity index (χ2v) is 6.04. The average molecular weight is 488 g/mol. The van der Waals surface area contributed by atoms with Crippen LogP contribution in [0.15, 0.2) is 78.8 Å². The Morgan fingerprint density at radius 1 is 1.14 bits per heavy atom. The highest BCUT2D eigenvalue weighted by Crippen LogP contribution is 2.24. The molecule has 28 heavy (non-hydrogen) atoms. The van der Waals surface area contributed by atoms with Crippen molar-refractivity contribution in [3.05, 3.63) is 85.0 Å². The zero-order valence-corrected chi connectivity index (χ0v) is 18.2. The number of rotatable bonds is 7. The molecule has 7 heteroatoms. The third-order valence-corrected chi connectivity index (χ3v) is 4.18. The highest BCUT2D eigenvalue weighted by molar-refractivity contribution is 14.0. The van der Waals surface area contributed by atoms with Gasteiger partial charge in [0.1, 0.15) is 12.7 Å². The van der Waals surface area contributed by atoms with Gasteiger partial charge in [0.25, 0.3) is 0 Å². The lowest BCUT2D eigenvalue weighted by Gasteiger charge is -2.14. The summed E-state index contributed by atoms with van der Waals surface area (Å²) in [5.74, 6) is 0.757. The molecule has 3 rings (SSSR count). The summed E-state index contributed by atoms with van der Waals surface area (Å²) in [6.07, 6.45) is 5.08. The first-order valence-corrected chi connectivity index (χ1v) is 8.85. The molecule has 3 aromatic rings. The van der Waals surface area contributed by atoms with Crippen molar-refractivity contribution in [1.82, 2.24) is 25.4 Å². The van der Waals surface area contributed by atoms with Crippen LogP contribution >= 0.6 is 24.0 Å². The Kier molecular flexibility index (Phi) is 8.67. The van der Waals surface area contributed by atoms with Crippen molar-refractivity contribution < 1.29 is 0 Å². The van der Waals surface area contributed by atoms with Crippen molar-refractivity contribution in [2.24, 2.45) is 4.99 Å². The fourth-order valence-electron chi connectivity index (χ4n) is 2.82. The van der Waals surface area contributed by atoms with E-state index in [1.54, 1.807) is 19.7 Å². The van der Waals surface area contributed by atoms with Crippen molar-refractivity contribution >= 4 is 29.9 Å². The molecule has 0 bridgehead atoms. The number of guanidine groups is 1. The van der Waals surface area contributed by atoms with Crippen LogP contribution in [0.5, 0.6) is 0 Å². The van der Waals surface area contributed by atoms with Crippen LogP contribution in [0, 0.1) is 0 Å². The van der Waals surface area contributed by atoms with E-state index in [9.17, 15) is 0 Å². The highest BCUT2D eigenvalue weighted by atomic mass is 127. The van der Waals surface area contributed by atoms with Crippen LogP contribution in [0.1, 0.15) is 11.1 Å². The first kappa shape index (κ1) is 21.6. The fourth-order valence-corrected chi connectivity index (χ4v) is 2.82. The lowest BCUT2D eigenvalue weighted by Crippen LogP contribution is -2.36. The molecule has 0 saturated heterocycles. The summed E-state index contributed by atoms with van der Waals surface area (Å²) in [5, 5.41) is 10.7. The van der Waals surface area contributed by atoms with E-state index in [-0.39, 0.29) is 24.0 Å². The lowest BCUT2D eigenvalue weighted by molar-refractivity contribution is 0.685. The molecule has 1 aromatic heterocycles. The monoisotopic (exact) mass is 488 g/mol. The van der Waals surface area contributed by atoms with Gasteiger partial charge in [0.2, 0.25) is 0 Å². The minimum absolute atomic E-state index is 0. The van der Waals surface area contributed by atoms with Gasteiger partial charge in [-0.2, -0.15) is 5.10 Å². The number of halogens is 1. The molecule has 0 spiro atoms. The third-order valence-electron chi connectivity index (χ3n) is 4.18. The number of aliphatic imine (C=N–C) groups is 1. The maximum atomic E-state index is 4.22. The lowest BCUT2D eigenvalue weighted by atomic mass is 9.98. The molecule has 0 saturated carbocycles. The molecular weight excluding hydrogens is 463 g/mol. The highest BCUT2D eigenvalue weighted by Gasteiger charge is 2.06. The molecule has 0 aliphatic rings. The molecular formula is C21H25IN6. The van der Waals surface area contributed by atoms with Crippen molar-refractivity contribution in [3.8, 4) is 11.1 Å². The molecule has 0 amide bonds. The van der Waals surface area contributed by atoms with Crippen LogP contribution in [-0.4, -0.2) is 34.3 Å². The van der Waals surface area contributed by atoms with E-state index in [0.717, 1.165) is 12.5 Å². The SMILES string of the molecule is C=CCNC(=NC)NCc1ccccc1-c1ccc(Cn2cncn2)cc1.I. The Bertz CT molecular complexity index is 888. The largest absolute Gasteiger partial charge is 0.353 e. The summed E-state index contributed by atoms with van der Waals surface area (Å²) in [7, 11) is 1.76. The van der Waals surface area contributed by atoms with Crippen LogP contribution in [0.25, 0.3) is 11.1 Å². The predicted octanol–water partition coefficient (Wildman–Crippen LogP) is 3.46. The number of nitrogens with zero attached hydrogens (tertiary/aromatic N) is 4. The quantitative estimate of drug-likeness (QED) is 0.232. The van der Waals surface area contributed by atoms with Gasteiger partial charge in [-0.3, -0.25) is 4.99 Å². The molecule has 0 aliphatic heterocycles. The normalized spacial score (nSPS) is 10.8. The maximum Gasteiger partial charge on any atom is 0.191 e. The van der Waals surface area contributed by atoms with Crippen LogP contribution in [0.3, 0.4) is 0 Å². The molecule has 146 valence electrons. The second-order valence-electron chi connectivity index (χ2n) is 6.04. The van der Waals surface area contributed by atoms with Crippen molar-refractivity contribution in [1.29, 1.82) is 0 Å². The van der Waals surface area contributed by atoms with Crippen LogP contribution in [-0.2, 0) is 13.1 Å². The summed E-state index contributed by atoms with van der Waals surface area (Å²) in [4.78, 5) is 8.20. The van der Waals surface area contributed by atoms with Gasteiger partial charge < -0.3 is 10.6 Å². The first-order chi connectivity index (χ1) is 13.3. The van der Waals surface area contributed by atoms with Gasteiger partial charge in [-0.1, -0.05) is 54.6 Å². The molecule has 2 N–H and O–H groups in total. The Balaban J connectivity index is 0.00000280. The number of hydrogen-bond acceptors (Lipinski definition) is 3. The Hall–Kier alpha value is -2.68. The molecule has 0 aliphatic carbocycles. The minimum atomic E-state index is 0. The first-order valence-electron chi connectivity index (χ1n) is 8.85. The Morgan fingerprint density at radius 3 is 2.61 bits per heavy atom. The van der Waals surface area contributed by atoms with E-state index in [1.165, 1.54) is 22.3 Å². The van der Waals surface area contributed by atoms with Gasteiger partial charge >= 0.3 is 0 Å². The predicted molar refractivity (Wildman–Crippen MR) is 125 cm³/mol. The van der Waals surface area contributed by atoms with Crippen molar-refractivity contribution in [3.63, 3.8) is 0 Å². The van der Waals surface area contributed by atoms with Crippen LogP contribution in [0.2, 0.25) is 0 Å². The molecule has 0 unspecified atom stereocenters. The van der Waals surface area contributed by atoms with Crippen molar-refractivity contribution in [2.45, 2.75) is 13.1 Å². The van der Waals surface area contributed by atoms with Crippen LogP contribution in [0.4, 0.5) is 0 Å². The van der Waals surface area contributed by atoms with E-state index in [1.807, 2.05) is 10.8 Å². The van der Waals surface area contributed by atoms with E-state index >= 15 is 0 Å². The van der Waals surface area contributed by atoms with Gasteiger partial charge in [-0.15, -0.1) is 30.6 Å². The fraction of sp³-hybridized carbons (Fsp3) is 0.190. The van der Waals surface area contributed by atoms with Gasteiger partial charge in [-0.25, -0.2) is 9.67 Å². The summed E-state index contributed by atoms with van der Waals surface area (Å²) in [6.45, 7) is 5.80. The van der Waals surface area contributed by atoms with E-state index < -0.39 is 0 Å². The molecule has 2 aromatic carbocycles. The van der Waals surface area contributed by atoms with Gasteiger partial charge in [0.05, 0.1) is 6.54 Å². The zero-order valence-electron chi connectivity index (χ0n) is 15.9. The Labute approximate surface area is 182 Å². The zero-order chi connectivity index (χ0) is 18.9. The topological polar surface area (TPSA) is 67.1 Å². The maximum absolute atomic E-state index is 4.22. The summed E-state index contributed by atoms with van der Waals surface area (Å²) in [5.41, 5.74) is 4.79. The van der Waals surface area contributed by atoms with Crippen molar-refractivity contribution in [2.75, 3.05) is 13.6 Å². The molecule has 0 radical (unpaired) electrons. The molecule has 0 fully saturated rings. The smallest absolute Gasteiger partial charge is 0.191 e. The number of nitrogens with one attached hydrogen (secondary N) is 2. The molecule has 1 heterocycles. The summed E-state index contributed by atoms with van der Waals surface area (Å²) < 4.78 is 1.81. The average Bonchev–Trinajstić information content (AvgIpc) is 3.22. The van der Waals surface area contributed by atoms with E-state index in [4.69, 9.17) is 0 Å². The summed E-state index contributed by atoms with van der Waals surface area (Å²) >= 11 is 0. The number of benzene rings is 2. The van der Waals surface area contributed by atoms with Crippen LogP contribution < -0.4 is 10.6 Å². The minimum Gasteiger partial charge on any atom is -0.353 e. The molecule has 0 atom stereocenters. The van der Waals surface area contributed by atoms with Gasteiger partial charge in [0, 0.05) is 20.1 Å². The van der Waals surface area contributed by atoms with Gasteiger partial charge in [0.15, 0.2) is 5.96 Å². The van der Waals surface area contributed by atoms with Gasteiger partial charge in [-0.05, 0) is 22.3 Å². The summed E-state index contributed by atoms with van der Waals surface area (Å²) in [6, 6.07) is 17.0. The van der Waals surface area contributed by atoms with E-state index in [0.29, 0.717) is 13.1 Å². The Morgan fingerprint density at radius 2 is 1.93 bits per heavy atom. The third kappa shape index (κ3) is 5.91. The number of hydrogen-bond donors (Lipinski definition) is 2. The van der Waals surface area contributed by atoms with E-state index in [2.05, 4.69) is 80.8 Å². The second kappa shape index (κ2) is 11.2. The number of aromatic nitrogens is 3. The standard InChI is InChI=1S/C21H24N6.HI/c1-3-12-24-21(22-2)25-13-19-6-4-5-7-20(19)18-10-8-17(9-11-18)14-27-16-23-15-26-27;/h3-11,15-16H,1,12-14H2,2H3,(H2,22,24,25);1H.